The molecule has 0 fully saturated rings. The number of carboxylic acid groups (broad SMARTS) is 2. The van der Waals surface area contributed by atoms with Gasteiger partial charge in [-0.3, -0.25) is 14.5 Å². The molecular formula is C24H27ClN4O4. The van der Waals surface area contributed by atoms with Crippen LogP contribution in [0.4, 0.5) is 0 Å². The Balaban J connectivity index is 0.000000709. The standard InChI is InChI=1S/C22H23ClN4O2.C2H4O2/c23-17-5-2-15(3-6-17)8-11-24-10-1-13-27-21(22(28)29)19-7-4-16-14-25-12-9-18(16)20(19)26-27;1-2(3)4/h2-3,5-6,9,12,14,24H,1,4,7-8,10-11,13H2,(H,28,29);1H3,(H,3,4). The Morgan fingerprint density at radius 1 is 1.12 bits per heavy atom. The first-order chi connectivity index (χ1) is 15.9. The second-order valence-corrected chi connectivity index (χ2v) is 8.17. The summed E-state index contributed by atoms with van der Waals surface area (Å²) >= 11 is 5.90. The highest BCUT2D eigenvalue weighted by molar-refractivity contribution is 6.30. The molecular weight excluding hydrogens is 444 g/mol. The summed E-state index contributed by atoms with van der Waals surface area (Å²) in [6.07, 6.45) is 6.81. The Hall–Kier alpha value is -3.23. The molecule has 1 aliphatic rings. The molecule has 0 amide bonds. The van der Waals surface area contributed by atoms with Gasteiger partial charge in [0.25, 0.3) is 5.97 Å². The number of halogens is 1. The van der Waals surface area contributed by atoms with Crippen molar-refractivity contribution in [1.82, 2.24) is 20.1 Å². The number of aryl methyl sites for hydroxylation is 2. The van der Waals surface area contributed by atoms with Crippen LogP contribution in [0.3, 0.4) is 0 Å². The molecule has 3 N–H and O–H groups in total. The molecule has 4 rings (SSSR count). The minimum absolute atomic E-state index is 0.323. The van der Waals surface area contributed by atoms with Crippen molar-refractivity contribution in [1.29, 1.82) is 0 Å². The van der Waals surface area contributed by atoms with Crippen LogP contribution in [0, 0.1) is 0 Å². The highest BCUT2D eigenvalue weighted by Crippen LogP contribution is 2.34. The molecule has 174 valence electrons. The van der Waals surface area contributed by atoms with Gasteiger partial charge in [-0.15, -0.1) is 0 Å². The first-order valence-corrected chi connectivity index (χ1v) is 11.2. The van der Waals surface area contributed by atoms with Crippen molar-refractivity contribution in [2.45, 2.75) is 39.2 Å². The number of nitrogens with one attached hydrogen (secondary N) is 1. The van der Waals surface area contributed by atoms with Crippen molar-refractivity contribution in [3.63, 3.8) is 0 Å². The lowest BCUT2D eigenvalue weighted by molar-refractivity contribution is -0.134. The summed E-state index contributed by atoms with van der Waals surface area (Å²) in [4.78, 5) is 25.1. The van der Waals surface area contributed by atoms with Gasteiger partial charge in [0.2, 0.25) is 0 Å². The number of fused-ring (bicyclic) bond motifs is 3. The van der Waals surface area contributed by atoms with Crippen LogP contribution in [0.5, 0.6) is 0 Å². The quantitative estimate of drug-likeness (QED) is 0.429. The number of carbonyl (C=O) groups is 2. The van der Waals surface area contributed by atoms with E-state index in [0.29, 0.717) is 18.7 Å². The summed E-state index contributed by atoms with van der Waals surface area (Å²) in [5.74, 6) is -1.74. The number of benzene rings is 1. The minimum Gasteiger partial charge on any atom is -0.481 e. The van der Waals surface area contributed by atoms with E-state index < -0.39 is 11.9 Å². The highest BCUT2D eigenvalue weighted by atomic mass is 35.5. The lowest BCUT2D eigenvalue weighted by atomic mass is 9.90. The first kappa shape index (κ1) is 24.4. The van der Waals surface area contributed by atoms with Gasteiger partial charge in [0.05, 0.1) is 5.69 Å². The van der Waals surface area contributed by atoms with E-state index in [4.69, 9.17) is 21.5 Å². The van der Waals surface area contributed by atoms with Crippen LogP contribution < -0.4 is 5.32 Å². The van der Waals surface area contributed by atoms with Gasteiger partial charge < -0.3 is 15.5 Å². The molecule has 0 unspecified atom stereocenters. The van der Waals surface area contributed by atoms with Gasteiger partial charge in [0.15, 0.2) is 0 Å². The summed E-state index contributed by atoms with van der Waals surface area (Å²) < 4.78 is 1.66. The molecule has 2 heterocycles. The van der Waals surface area contributed by atoms with Crippen LogP contribution in [0.1, 0.15) is 40.5 Å². The normalized spacial score (nSPS) is 11.7. The number of pyridine rings is 1. The van der Waals surface area contributed by atoms with Gasteiger partial charge in [-0.05, 0) is 68.1 Å². The van der Waals surface area contributed by atoms with Gasteiger partial charge >= 0.3 is 5.97 Å². The second-order valence-electron chi connectivity index (χ2n) is 7.74. The van der Waals surface area contributed by atoms with E-state index in [-0.39, 0.29) is 0 Å². The van der Waals surface area contributed by atoms with E-state index in [9.17, 15) is 9.90 Å². The third-order valence-corrected chi connectivity index (χ3v) is 5.54. The zero-order valence-corrected chi connectivity index (χ0v) is 19.2. The van der Waals surface area contributed by atoms with E-state index in [0.717, 1.165) is 66.7 Å². The molecule has 1 aliphatic carbocycles. The predicted molar refractivity (Wildman–Crippen MR) is 126 cm³/mol. The van der Waals surface area contributed by atoms with Crippen molar-refractivity contribution in [2.24, 2.45) is 0 Å². The Labute approximate surface area is 197 Å². The fourth-order valence-corrected chi connectivity index (χ4v) is 3.96. The number of aromatic nitrogens is 3. The molecule has 0 spiro atoms. The van der Waals surface area contributed by atoms with Crippen LogP contribution in [-0.2, 0) is 30.6 Å². The molecule has 0 radical (unpaired) electrons. The van der Waals surface area contributed by atoms with E-state index in [1.54, 1.807) is 10.9 Å². The van der Waals surface area contributed by atoms with Gasteiger partial charge in [0.1, 0.15) is 5.69 Å². The van der Waals surface area contributed by atoms with Crippen LogP contribution in [0.2, 0.25) is 5.02 Å². The van der Waals surface area contributed by atoms with Crippen LogP contribution in [0.15, 0.2) is 42.7 Å². The van der Waals surface area contributed by atoms with E-state index in [1.807, 2.05) is 36.5 Å². The molecule has 0 saturated heterocycles. The molecule has 3 aromatic rings. The monoisotopic (exact) mass is 470 g/mol. The summed E-state index contributed by atoms with van der Waals surface area (Å²) in [6.45, 7) is 3.32. The Morgan fingerprint density at radius 2 is 1.85 bits per heavy atom. The Kier molecular flexibility index (Phi) is 8.57. The molecule has 0 saturated carbocycles. The highest BCUT2D eigenvalue weighted by Gasteiger charge is 2.27. The van der Waals surface area contributed by atoms with Crippen molar-refractivity contribution in [2.75, 3.05) is 13.1 Å². The lowest BCUT2D eigenvalue weighted by Crippen LogP contribution is -2.21. The average Bonchev–Trinajstić information content (AvgIpc) is 3.16. The minimum atomic E-state index is -0.910. The number of aromatic carboxylic acids is 1. The zero-order chi connectivity index (χ0) is 23.8. The average molecular weight is 471 g/mol. The molecule has 9 heteroatoms. The molecule has 33 heavy (non-hydrogen) atoms. The molecule has 0 aliphatic heterocycles. The summed E-state index contributed by atoms with van der Waals surface area (Å²) in [6, 6.07) is 9.79. The SMILES string of the molecule is CC(=O)O.O=C(O)c1c2c(nn1CCCNCCc1ccc(Cl)cc1)-c1ccncc1CC2. The van der Waals surface area contributed by atoms with Crippen molar-refractivity contribution in [3.05, 3.63) is 70.1 Å². The fraction of sp³-hybridized carbons (Fsp3) is 0.333. The summed E-state index contributed by atoms with van der Waals surface area (Å²) in [5, 5.41) is 26.0. The molecule has 8 nitrogen and oxygen atoms in total. The van der Waals surface area contributed by atoms with Crippen LogP contribution in [-0.4, -0.2) is 50.0 Å². The largest absolute Gasteiger partial charge is 0.481 e. The smallest absolute Gasteiger partial charge is 0.354 e. The van der Waals surface area contributed by atoms with Gasteiger partial charge in [-0.25, -0.2) is 4.79 Å². The fourth-order valence-electron chi connectivity index (χ4n) is 3.83. The number of hydrogen-bond acceptors (Lipinski definition) is 5. The predicted octanol–water partition coefficient (Wildman–Crippen LogP) is 3.71. The maximum atomic E-state index is 11.9. The van der Waals surface area contributed by atoms with E-state index in [1.165, 1.54) is 5.56 Å². The number of hydrogen-bond donors (Lipinski definition) is 3. The van der Waals surface area contributed by atoms with Crippen LogP contribution in [0.25, 0.3) is 11.3 Å². The first-order valence-electron chi connectivity index (χ1n) is 10.8. The van der Waals surface area contributed by atoms with Crippen molar-refractivity contribution in [3.8, 4) is 11.3 Å². The maximum absolute atomic E-state index is 11.9. The number of aliphatic carboxylic acids is 1. The lowest BCUT2D eigenvalue weighted by Gasteiger charge is -2.14. The van der Waals surface area contributed by atoms with Gasteiger partial charge in [-0.2, -0.15) is 5.10 Å². The molecule has 2 aromatic heterocycles. The van der Waals surface area contributed by atoms with Crippen molar-refractivity contribution < 1.29 is 19.8 Å². The number of rotatable bonds is 8. The van der Waals surface area contributed by atoms with E-state index >= 15 is 0 Å². The second kappa shape index (κ2) is 11.6. The zero-order valence-electron chi connectivity index (χ0n) is 18.4. The van der Waals surface area contributed by atoms with Gasteiger partial charge in [0, 0.05) is 42.0 Å². The maximum Gasteiger partial charge on any atom is 0.354 e. The molecule has 0 atom stereocenters. The summed E-state index contributed by atoms with van der Waals surface area (Å²) in [5.41, 5.74) is 5.33. The number of carboxylic acids is 2. The Bertz CT molecular complexity index is 1110. The van der Waals surface area contributed by atoms with Crippen LogP contribution >= 0.6 is 11.6 Å². The third kappa shape index (κ3) is 6.63. The van der Waals surface area contributed by atoms with Crippen molar-refractivity contribution >= 4 is 23.5 Å². The third-order valence-electron chi connectivity index (χ3n) is 5.28. The summed E-state index contributed by atoms with van der Waals surface area (Å²) in [7, 11) is 0. The topological polar surface area (TPSA) is 117 Å². The Morgan fingerprint density at radius 3 is 2.55 bits per heavy atom. The molecule has 0 bridgehead atoms. The molecule has 1 aromatic carbocycles. The van der Waals surface area contributed by atoms with E-state index in [2.05, 4.69) is 15.4 Å². The van der Waals surface area contributed by atoms with Gasteiger partial charge in [-0.1, -0.05) is 23.7 Å². The number of nitrogens with zero attached hydrogens (tertiary/aromatic N) is 3.